The lowest BCUT2D eigenvalue weighted by Crippen LogP contribution is -2.55. The number of carbonyl (C=O) groups is 1. The largest absolute Gasteiger partial charge is 0.355 e. The van der Waals surface area contributed by atoms with Crippen molar-refractivity contribution in [1.29, 1.82) is 0 Å². The van der Waals surface area contributed by atoms with Crippen LogP contribution in [0.25, 0.3) is 0 Å². The van der Waals surface area contributed by atoms with Crippen molar-refractivity contribution < 1.29 is 4.79 Å². The van der Waals surface area contributed by atoms with Gasteiger partial charge in [-0.25, -0.2) is 0 Å². The molecule has 3 N–H and O–H groups in total. The summed E-state index contributed by atoms with van der Waals surface area (Å²) in [4.78, 5) is 12.1. The maximum absolute atomic E-state index is 12.1. The van der Waals surface area contributed by atoms with Gasteiger partial charge in [0.1, 0.15) is 12.2 Å². The van der Waals surface area contributed by atoms with Crippen LogP contribution in [0.3, 0.4) is 0 Å². The first-order valence-corrected chi connectivity index (χ1v) is 6.06. The number of nitrogens with zero attached hydrogens (tertiary/aromatic N) is 3. The summed E-state index contributed by atoms with van der Waals surface area (Å²) in [6.07, 6.45) is 2.30. The molecule has 1 heterocycles. The third-order valence-electron chi connectivity index (χ3n) is 3.62. The van der Waals surface area contributed by atoms with Crippen LogP contribution < -0.4 is 11.1 Å². The topological polar surface area (TPSA) is 85.8 Å². The van der Waals surface area contributed by atoms with E-state index < -0.39 is 11.0 Å². The molecule has 0 bridgehead atoms. The zero-order valence-corrected chi connectivity index (χ0v) is 11.8. The highest BCUT2D eigenvalue weighted by Crippen LogP contribution is 2.28. The maximum Gasteiger partial charge on any atom is 0.227 e. The van der Waals surface area contributed by atoms with E-state index in [9.17, 15) is 4.79 Å². The average molecular weight is 253 g/mol. The summed E-state index contributed by atoms with van der Waals surface area (Å²) < 4.78 is 1.84. The van der Waals surface area contributed by atoms with Gasteiger partial charge in [0.05, 0.1) is 5.41 Å². The van der Waals surface area contributed by atoms with Crippen molar-refractivity contribution in [3.8, 4) is 0 Å². The Labute approximate surface area is 108 Å². The van der Waals surface area contributed by atoms with E-state index >= 15 is 0 Å². The van der Waals surface area contributed by atoms with E-state index in [1.165, 1.54) is 0 Å². The van der Waals surface area contributed by atoms with Crippen LogP contribution in [0.2, 0.25) is 0 Å². The Balaban J connectivity index is 2.50. The lowest BCUT2D eigenvalue weighted by Gasteiger charge is -2.36. The summed E-state index contributed by atoms with van der Waals surface area (Å²) in [7, 11) is 1.88. The van der Waals surface area contributed by atoms with Gasteiger partial charge in [0.2, 0.25) is 5.91 Å². The standard InChI is InChI=1S/C12H23N5O/c1-11(2,12(3,4)13)10(18)14-7-6-9-16-15-8-17(9)5/h8H,6-7,13H2,1-5H3,(H,14,18). The second-order valence-corrected chi connectivity index (χ2v) is 5.71. The zero-order valence-electron chi connectivity index (χ0n) is 11.8. The smallest absolute Gasteiger partial charge is 0.227 e. The molecular formula is C12H23N5O. The fourth-order valence-corrected chi connectivity index (χ4v) is 1.33. The summed E-state index contributed by atoms with van der Waals surface area (Å²) in [5, 5.41) is 10.6. The van der Waals surface area contributed by atoms with E-state index in [4.69, 9.17) is 5.73 Å². The van der Waals surface area contributed by atoms with Crippen molar-refractivity contribution in [2.75, 3.05) is 6.54 Å². The number of nitrogens with one attached hydrogen (secondary N) is 1. The van der Waals surface area contributed by atoms with Gasteiger partial charge in [-0.05, 0) is 27.7 Å². The van der Waals surface area contributed by atoms with Crippen LogP contribution in [0.4, 0.5) is 0 Å². The number of hydrogen-bond acceptors (Lipinski definition) is 4. The second kappa shape index (κ2) is 5.06. The predicted octanol–water partition coefficient (Wildman–Crippen LogP) is 0.237. The van der Waals surface area contributed by atoms with Crippen LogP contribution >= 0.6 is 0 Å². The number of rotatable bonds is 5. The molecule has 0 aliphatic heterocycles. The first kappa shape index (κ1) is 14.6. The van der Waals surface area contributed by atoms with Crippen LogP contribution in [0.1, 0.15) is 33.5 Å². The van der Waals surface area contributed by atoms with Gasteiger partial charge in [-0.2, -0.15) is 0 Å². The molecule has 0 aliphatic carbocycles. The molecule has 18 heavy (non-hydrogen) atoms. The minimum atomic E-state index is -0.618. The monoisotopic (exact) mass is 253 g/mol. The molecule has 0 aliphatic rings. The number of aryl methyl sites for hydroxylation is 1. The third-order valence-corrected chi connectivity index (χ3v) is 3.62. The predicted molar refractivity (Wildman–Crippen MR) is 69.8 cm³/mol. The number of hydrogen-bond donors (Lipinski definition) is 2. The lowest BCUT2D eigenvalue weighted by molar-refractivity contribution is -0.132. The minimum Gasteiger partial charge on any atom is -0.355 e. The molecule has 1 aromatic heterocycles. The van der Waals surface area contributed by atoms with Gasteiger partial charge < -0.3 is 15.6 Å². The first-order chi connectivity index (χ1) is 8.16. The molecule has 1 aromatic rings. The molecule has 0 atom stereocenters. The van der Waals surface area contributed by atoms with Gasteiger partial charge in [-0.3, -0.25) is 4.79 Å². The summed E-state index contributed by atoms with van der Waals surface area (Å²) in [5.74, 6) is 0.803. The molecule has 0 unspecified atom stereocenters. The molecule has 1 rings (SSSR count). The highest BCUT2D eigenvalue weighted by atomic mass is 16.2. The van der Waals surface area contributed by atoms with Crippen molar-refractivity contribution >= 4 is 5.91 Å². The molecule has 6 nitrogen and oxygen atoms in total. The van der Waals surface area contributed by atoms with Gasteiger partial charge in [0.25, 0.3) is 0 Å². The second-order valence-electron chi connectivity index (χ2n) is 5.71. The number of carbonyl (C=O) groups excluding carboxylic acids is 1. The van der Waals surface area contributed by atoms with E-state index in [1.54, 1.807) is 6.33 Å². The molecule has 0 fully saturated rings. The Morgan fingerprint density at radius 1 is 1.44 bits per heavy atom. The number of amides is 1. The van der Waals surface area contributed by atoms with Crippen LogP contribution in [-0.2, 0) is 18.3 Å². The zero-order chi connectivity index (χ0) is 14.0. The average Bonchev–Trinajstić information content (AvgIpc) is 2.62. The van der Waals surface area contributed by atoms with Crippen molar-refractivity contribution in [2.45, 2.75) is 39.7 Å². The molecule has 0 radical (unpaired) electrons. The molecule has 0 saturated heterocycles. The van der Waals surface area contributed by atoms with E-state index in [1.807, 2.05) is 39.3 Å². The summed E-state index contributed by atoms with van der Waals surface area (Å²) in [5.41, 5.74) is 4.83. The van der Waals surface area contributed by atoms with Crippen molar-refractivity contribution in [3.63, 3.8) is 0 Å². The quantitative estimate of drug-likeness (QED) is 0.787. The Bertz CT molecular complexity index is 416. The van der Waals surface area contributed by atoms with Crippen molar-refractivity contribution in [1.82, 2.24) is 20.1 Å². The molecule has 6 heteroatoms. The van der Waals surface area contributed by atoms with E-state index in [0.717, 1.165) is 5.82 Å². The molecule has 102 valence electrons. The van der Waals surface area contributed by atoms with Gasteiger partial charge in [0, 0.05) is 25.6 Å². The fourth-order valence-electron chi connectivity index (χ4n) is 1.33. The normalized spacial score (nSPS) is 12.6. The Morgan fingerprint density at radius 3 is 2.50 bits per heavy atom. The van der Waals surface area contributed by atoms with Crippen molar-refractivity contribution in [3.05, 3.63) is 12.2 Å². The fraction of sp³-hybridized carbons (Fsp3) is 0.750. The van der Waals surface area contributed by atoms with Crippen LogP contribution in [0.5, 0.6) is 0 Å². The van der Waals surface area contributed by atoms with Gasteiger partial charge in [-0.1, -0.05) is 0 Å². The SMILES string of the molecule is Cn1cnnc1CCNC(=O)C(C)(C)C(C)(C)N. The van der Waals surface area contributed by atoms with E-state index in [2.05, 4.69) is 15.5 Å². The van der Waals surface area contributed by atoms with Gasteiger partial charge >= 0.3 is 0 Å². The lowest BCUT2D eigenvalue weighted by atomic mass is 9.74. The Morgan fingerprint density at radius 2 is 2.06 bits per heavy atom. The summed E-state index contributed by atoms with van der Waals surface area (Å²) >= 11 is 0. The molecule has 0 spiro atoms. The molecule has 0 aromatic carbocycles. The van der Waals surface area contributed by atoms with Crippen LogP contribution in [-0.4, -0.2) is 32.8 Å². The van der Waals surface area contributed by atoms with E-state index in [0.29, 0.717) is 13.0 Å². The number of aromatic nitrogens is 3. The first-order valence-electron chi connectivity index (χ1n) is 6.06. The number of nitrogens with two attached hydrogens (primary N) is 1. The molecule has 0 saturated carbocycles. The highest BCUT2D eigenvalue weighted by molar-refractivity contribution is 5.83. The maximum atomic E-state index is 12.1. The Hall–Kier alpha value is -1.43. The summed E-state index contributed by atoms with van der Waals surface area (Å²) in [6.45, 7) is 7.95. The summed E-state index contributed by atoms with van der Waals surface area (Å²) in [6, 6.07) is 0. The van der Waals surface area contributed by atoms with Crippen molar-refractivity contribution in [2.24, 2.45) is 18.2 Å². The Kier molecular flexibility index (Phi) is 4.11. The third kappa shape index (κ3) is 3.07. The van der Waals surface area contributed by atoms with E-state index in [-0.39, 0.29) is 5.91 Å². The van der Waals surface area contributed by atoms with Crippen LogP contribution in [0.15, 0.2) is 6.33 Å². The highest BCUT2D eigenvalue weighted by Gasteiger charge is 2.40. The van der Waals surface area contributed by atoms with Crippen LogP contribution in [0, 0.1) is 5.41 Å². The minimum absolute atomic E-state index is 0.0443. The molecular weight excluding hydrogens is 230 g/mol. The van der Waals surface area contributed by atoms with Gasteiger partial charge in [0.15, 0.2) is 0 Å². The van der Waals surface area contributed by atoms with Gasteiger partial charge in [-0.15, -0.1) is 10.2 Å². The molecule has 1 amide bonds.